The van der Waals surface area contributed by atoms with Gasteiger partial charge in [0.2, 0.25) is 5.91 Å². The van der Waals surface area contributed by atoms with Crippen molar-refractivity contribution in [3.05, 3.63) is 65.9 Å². The van der Waals surface area contributed by atoms with Crippen LogP contribution in [0.4, 0.5) is 14.5 Å². The first kappa shape index (κ1) is 31.6. The van der Waals surface area contributed by atoms with Crippen LogP contribution >= 0.6 is 0 Å². The summed E-state index contributed by atoms with van der Waals surface area (Å²) >= 11 is 0. The van der Waals surface area contributed by atoms with E-state index in [1.54, 1.807) is 48.5 Å². The molecule has 1 aromatic heterocycles. The summed E-state index contributed by atoms with van der Waals surface area (Å²) in [5, 5.41) is 12.1. The number of likely N-dealkylation sites (tertiary alicyclic amines) is 1. The number of benzene rings is 2. The van der Waals surface area contributed by atoms with Crippen molar-refractivity contribution < 1.29 is 27.9 Å². The first-order valence-electron chi connectivity index (χ1n) is 14.6. The van der Waals surface area contributed by atoms with Gasteiger partial charge in [0, 0.05) is 62.0 Å². The topological polar surface area (TPSA) is 157 Å². The normalized spacial score (nSPS) is 18.0. The van der Waals surface area contributed by atoms with Crippen LogP contribution in [-0.4, -0.2) is 102 Å². The minimum atomic E-state index is -3.13. The fourth-order valence-electron chi connectivity index (χ4n) is 5.50. The molecule has 0 saturated carbocycles. The first-order valence-corrected chi connectivity index (χ1v) is 14.6. The van der Waals surface area contributed by atoms with Crippen LogP contribution in [0.5, 0.6) is 5.75 Å². The van der Waals surface area contributed by atoms with Crippen LogP contribution in [-0.2, 0) is 4.79 Å². The molecule has 0 spiro atoms. The van der Waals surface area contributed by atoms with Crippen LogP contribution in [0.25, 0.3) is 10.9 Å². The summed E-state index contributed by atoms with van der Waals surface area (Å²) in [6, 6.07) is 14.2. The highest BCUT2D eigenvalue weighted by Gasteiger charge is 2.47. The summed E-state index contributed by atoms with van der Waals surface area (Å²) in [7, 11) is 0. The fraction of sp³-hybridized carbons (Fsp3) is 0.387. The number of nitrogens with zero attached hydrogens (tertiary/aromatic N) is 5. The van der Waals surface area contributed by atoms with Gasteiger partial charge in [-0.05, 0) is 55.0 Å². The maximum atomic E-state index is 13.7. The molecule has 45 heavy (non-hydrogen) atoms. The van der Waals surface area contributed by atoms with Gasteiger partial charge in [-0.1, -0.05) is 0 Å². The SMILES string of the molecule is N#C[C@@H]1CC(F)(F)CN1C(=O)CNC(=O)c1ccnc2ccc(OCCCN3CCN(C(=O)c4ccc(NN)cc4)CC3)cc12. The number of nitrogen functional groups attached to an aromatic ring is 1. The number of rotatable bonds is 10. The molecule has 0 unspecified atom stereocenters. The molecule has 2 aliphatic heterocycles. The van der Waals surface area contributed by atoms with E-state index < -0.39 is 43.3 Å². The molecule has 5 rings (SSSR count). The molecule has 2 aromatic carbocycles. The van der Waals surface area contributed by atoms with E-state index in [1.807, 2.05) is 4.90 Å². The van der Waals surface area contributed by atoms with Crippen molar-refractivity contribution in [1.82, 2.24) is 25.0 Å². The predicted octanol–water partition coefficient (Wildman–Crippen LogP) is 2.24. The number of ether oxygens (including phenoxy) is 1. The van der Waals surface area contributed by atoms with Gasteiger partial charge in [0.1, 0.15) is 11.8 Å². The average Bonchev–Trinajstić information content (AvgIpc) is 3.39. The number of hydrazine groups is 1. The molecule has 14 heteroatoms. The number of nitrogens with one attached hydrogen (secondary N) is 2. The molecule has 0 aliphatic carbocycles. The van der Waals surface area contributed by atoms with Crippen LogP contribution < -0.4 is 21.3 Å². The van der Waals surface area contributed by atoms with E-state index in [1.165, 1.54) is 12.3 Å². The number of pyridine rings is 1. The molecular formula is C31H34F2N8O4. The number of hydrogen-bond donors (Lipinski definition) is 3. The van der Waals surface area contributed by atoms with Crippen molar-refractivity contribution in [3.8, 4) is 11.8 Å². The van der Waals surface area contributed by atoms with Crippen LogP contribution in [0.15, 0.2) is 54.7 Å². The highest BCUT2D eigenvalue weighted by molar-refractivity contribution is 6.07. The van der Waals surface area contributed by atoms with Crippen molar-refractivity contribution in [1.29, 1.82) is 5.26 Å². The standard InChI is InChI=1S/C31H34F2N8O4/c32-31(33)17-23(18-34)41(20-31)28(42)19-37-29(43)25-8-9-36-27-7-6-24(16-26(25)27)45-15-1-10-39-11-13-40(14-12-39)30(44)21-2-4-22(38-35)5-3-21/h2-9,16,23,38H,1,10-15,17,19-20,35H2,(H,37,43)/t23-/m0/s1. The highest BCUT2D eigenvalue weighted by atomic mass is 19.3. The number of aromatic nitrogens is 1. The number of nitrogens with two attached hydrogens (primary N) is 1. The van der Waals surface area contributed by atoms with Gasteiger partial charge in [0.15, 0.2) is 0 Å². The molecule has 2 saturated heterocycles. The van der Waals surface area contributed by atoms with E-state index >= 15 is 0 Å². The second kappa shape index (κ2) is 13.8. The van der Waals surface area contributed by atoms with Gasteiger partial charge in [-0.3, -0.25) is 30.1 Å². The van der Waals surface area contributed by atoms with Gasteiger partial charge in [0.25, 0.3) is 17.7 Å². The molecule has 0 radical (unpaired) electrons. The molecule has 1 atom stereocenters. The maximum absolute atomic E-state index is 13.7. The number of anilines is 1. The monoisotopic (exact) mass is 620 g/mol. The Bertz CT molecular complexity index is 1590. The number of carbonyl (C=O) groups excluding carboxylic acids is 3. The Kier molecular flexibility index (Phi) is 9.70. The molecule has 0 bridgehead atoms. The number of fused-ring (bicyclic) bond motifs is 1. The van der Waals surface area contributed by atoms with Crippen LogP contribution in [0.3, 0.4) is 0 Å². The van der Waals surface area contributed by atoms with E-state index in [-0.39, 0.29) is 11.5 Å². The number of nitriles is 1. The molecule has 236 valence electrons. The molecule has 2 fully saturated rings. The lowest BCUT2D eigenvalue weighted by molar-refractivity contribution is -0.131. The van der Waals surface area contributed by atoms with Crippen LogP contribution in [0, 0.1) is 11.3 Å². The molecule has 4 N–H and O–H groups in total. The van der Waals surface area contributed by atoms with Crippen molar-refractivity contribution in [3.63, 3.8) is 0 Å². The molecule has 12 nitrogen and oxygen atoms in total. The lowest BCUT2D eigenvalue weighted by atomic mass is 10.1. The van der Waals surface area contributed by atoms with Crippen molar-refractivity contribution in [2.75, 3.05) is 57.8 Å². The number of piperazine rings is 1. The smallest absolute Gasteiger partial charge is 0.268 e. The summed E-state index contributed by atoms with van der Waals surface area (Å²) in [4.78, 5) is 47.5. The molecular weight excluding hydrogens is 586 g/mol. The zero-order valence-corrected chi connectivity index (χ0v) is 24.5. The Hall–Kier alpha value is -4.87. The number of hydrogen-bond acceptors (Lipinski definition) is 9. The van der Waals surface area contributed by atoms with Crippen molar-refractivity contribution in [2.24, 2.45) is 5.84 Å². The van der Waals surface area contributed by atoms with E-state index in [0.717, 1.165) is 36.6 Å². The number of halogens is 2. The molecule has 3 heterocycles. The average molecular weight is 621 g/mol. The van der Waals surface area contributed by atoms with E-state index in [2.05, 4.69) is 20.6 Å². The zero-order chi connectivity index (χ0) is 32.0. The summed E-state index contributed by atoms with van der Waals surface area (Å²) in [6.45, 7) is 2.64. The Morgan fingerprint density at radius 3 is 2.56 bits per heavy atom. The summed E-state index contributed by atoms with van der Waals surface area (Å²) in [6.07, 6.45) is 1.50. The quantitative estimate of drug-likeness (QED) is 0.176. The summed E-state index contributed by atoms with van der Waals surface area (Å²) < 4.78 is 33.4. The summed E-state index contributed by atoms with van der Waals surface area (Å²) in [5.74, 6) is 1.47. The number of alkyl halides is 2. The van der Waals surface area contributed by atoms with Gasteiger partial charge in [-0.25, -0.2) is 8.78 Å². The highest BCUT2D eigenvalue weighted by Crippen LogP contribution is 2.31. The number of carbonyl (C=O) groups is 3. The van der Waals surface area contributed by atoms with Crippen LogP contribution in [0.1, 0.15) is 33.6 Å². The Morgan fingerprint density at radius 2 is 1.84 bits per heavy atom. The zero-order valence-electron chi connectivity index (χ0n) is 24.5. The lowest BCUT2D eigenvalue weighted by Gasteiger charge is -2.34. The fourth-order valence-corrected chi connectivity index (χ4v) is 5.50. The third kappa shape index (κ3) is 7.62. The molecule has 3 aromatic rings. The largest absolute Gasteiger partial charge is 0.494 e. The Morgan fingerprint density at radius 1 is 1.09 bits per heavy atom. The first-order chi connectivity index (χ1) is 21.7. The third-order valence-electron chi connectivity index (χ3n) is 7.94. The van der Waals surface area contributed by atoms with Gasteiger partial charge in [-0.2, -0.15) is 5.26 Å². The second-order valence-corrected chi connectivity index (χ2v) is 11.0. The van der Waals surface area contributed by atoms with Gasteiger partial charge >= 0.3 is 0 Å². The number of amides is 3. The van der Waals surface area contributed by atoms with E-state index in [4.69, 9.17) is 15.8 Å². The van der Waals surface area contributed by atoms with Gasteiger partial charge < -0.3 is 25.3 Å². The summed E-state index contributed by atoms with van der Waals surface area (Å²) in [5.41, 5.74) is 4.71. The van der Waals surface area contributed by atoms with Crippen LogP contribution in [0.2, 0.25) is 0 Å². The van der Waals surface area contributed by atoms with Crippen molar-refractivity contribution in [2.45, 2.75) is 24.8 Å². The van der Waals surface area contributed by atoms with Crippen molar-refractivity contribution >= 4 is 34.3 Å². The maximum Gasteiger partial charge on any atom is 0.268 e. The minimum absolute atomic E-state index is 0.00381. The third-order valence-corrected chi connectivity index (χ3v) is 7.94. The minimum Gasteiger partial charge on any atom is -0.494 e. The molecule has 2 aliphatic rings. The van der Waals surface area contributed by atoms with Gasteiger partial charge in [0.05, 0.1) is 36.8 Å². The lowest BCUT2D eigenvalue weighted by Crippen LogP contribution is -2.49. The van der Waals surface area contributed by atoms with E-state index in [9.17, 15) is 23.2 Å². The second-order valence-electron chi connectivity index (χ2n) is 11.0. The Labute approximate surface area is 258 Å². The predicted molar refractivity (Wildman–Crippen MR) is 161 cm³/mol. The van der Waals surface area contributed by atoms with E-state index in [0.29, 0.717) is 41.9 Å². The Balaban J connectivity index is 1.09. The molecule has 3 amide bonds. The van der Waals surface area contributed by atoms with Gasteiger partial charge in [-0.15, -0.1) is 0 Å².